The topological polar surface area (TPSA) is 67.6 Å². The van der Waals surface area contributed by atoms with Gasteiger partial charge in [0.25, 0.3) is 0 Å². The fourth-order valence-electron chi connectivity index (χ4n) is 2.53. The van der Waals surface area contributed by atoms with Gasteiger partial charge in [0.15, 0.2) is 5.82 Å². The molecule has 21 heavy (non-hydrogen) atoms. The largest absolute Gasteiger partial charge is 0.330 e. The molecular formula is C17H26N4. The van der Waals surface area contributed by atoms with Crippen molar-refractivity contribution in [2.24, 2.45) is 5.73 Å². The minimum absolute atomic E-state index is 0.175. The average Bonchev–Trinajstić information content (AvgIpc) is 2.80. The maximum Gasteiger partial charge on any atom is 0.151 e. The second kappa shape index (κ2) is 5.98. The van der Waals surface area contributed by atoms with E-state index < -0.39 is 0 Å². The lowest BCUT2D eigenvalue weighted by Crippen LogP contribution is -2.12. The van der Waals surface area contributed by atoms with Crippen LogP contribution in [0.25, 0.3) is 0 Å². The first kappa shape index (κ1) is 15.7. The van der Waals surface area contributed by atoms with Crippen molar-refractivity contribution in [3.8, 4) is 0 Å². The van der Waals surface area contributed by atoms with Crippen LogP contribution in [0.2, 0.25) is 0 Å². The monoisotopic (exact) mass is 286 g/mol. The van der Waals surface area contributed by atoms with Gasteiger partial charge < -0.3 is 5.73 Å². The molecule has 114 valence electrons. The van der Waals surface area contributed by atoms with E-state index in [4.69, 9.17) is 5.73 Å². The van der Waals surface area contributed by atoms with Gasteiger partial charge in [0.1, 0.15) is 5.82 Å². The van der Waals surface area contributed by atoms with E-state index in [-0.39, 0.29) is 5.41 Å². The first-order valence-electron chi connectivity index (χ1n) is 7.52. The van der Waals surface area contributed by atoms with E-state index in [0.717, 1.165) is 24.5 Å². The van der Waals surface area contributed by atoms with Gasteiger partial charge in [-0.1, -0.05) is 32.9 Å². The summed E-state index contributed by atoms with van der Waals surface area (Å²) in [6.07, 6.45) is 1.51. The summed E-state index contributed by atoms with van der Waals surface area (Å²) in [6, 6.07) is 4.58. The third kappa shape index (κ3) is 3.70. The van der Waals surface area contributed by atoms with Crippen molar-refractivity contribution in [2.75, 3.05) is 6.54 Å². The molecule has 0 aliphatic carbocycles. The summed E-state index contributed by atoms with van der Waals surface area (Å²) >= 11 is 0. The highest BCUT2D eigenvalue weighted by atomic mass is 15.2. The molecule has 0 radical (unpaired) electrons. The molecule has 0 bridgehead atoms. The molecule has 0 atom stereocenters. The zero-order valence-electron chi connectivity index (χ0n) is 13.7. The van der Waals surface area contributed by atoms with E-state index in [1.165, 1.54) is 22.3 Å². The minimum atomic E-state index is 0.175. The molecule has 4 heteroatoms. The molecular weight excluding hydrogens is 260 g/mol. The lowest BCUT2D eigenvalue weighted by molar-refractivity contribution is 0.588. The van der Waals surface area contributed by atoms with Crippen LogP contribution in [0.3, 0.4) is 0 Å². The smallest absolute Gasteiger partial charge is 0.151 e. The Morgan fingerprint density at radius 2 is 1.76 bits per heavy atom. The Hall–Kier alpha value is -1.68. The number of nitrogens with one attached hydrogen (secondary N) is 1. The van der Waals surface area contributed by atoms with Gasteiger partial charge in [0, 0.05) is 12.8 Å². The lowest BCUT2D eigenvalue weighted by atomic mass is 9.83. The van der Waals surface area contributed by atoms with Crippen molar-refractivity contribution in [3.63, 3.8) is 0 Å². The predicted octanol–water partition coefficient (Wildman–Crippen LogP) is 2.81. The summed E-state index contributed by atoms with van der Waals surface area (Å²) in [7, 11) is 0. The summed E-state index contributed by atoms with van der Waals surface area (Å²) in [5.41, 5.74) is 11.1. The molecule has 0 fully saturated rings. The number of nitrogens with zero attached hydrogens (tertiary/aromatic N) is 2. The van der Waals surface area contributed by atoms with Crippen LogP contribution in [0.4, 0.5) is 0 Å². The van der Waals surface area contributed by atoms with Crippen molar-refractivity contribution in [1.82, 2.24) is 15.2 Å². The Morgan fingerprint density at radius 3 is 2.29 bits per heavy atom. The van der Waals surface area contributed by atoms with E-state index in [1.54, 1.807) is 0 Å². The van der Waals surface area contributed by atoms with Crippen LogP contribution in [-0.4, -0.2) is 21.7 Å². The number of hydrogen-bond donors (Lipinski definition) is 2. The van der Waals surface area contributed by atoms with Crippen LogP contribution >= 0.6 is 0 Å². The molecule has 0 saturated heterocycles. The molecule has 2 aromatic rings. The van der Waals surface area contributed by atoms with Gasteiger partial charge in [-0.05, 0) is 48.1 Å². The van der Waals surface area contributed by atoms with Gasteiger partial charge in [-0.25, -0.2) is 4.98 Å². The first-order valence-corrected chi connectivity index (χ1v) is 7.52. The van der Waals surface area contributed by atoms with Crippen LogP contribution < -0.4 is 5.73 Å². The van der Waals surface area contributed by atoms with E-state index in [9.17, 15) is 0 Å². The van der Waals surface area contributed by atoms with E-state index in [2.05, 4.69) is 61.9 Å². The Morgan fingerprint density at radius 1 is 1.14 bits per heavy atom. The quantitative estimate of drug-likeness (QED) is 0.908. The maximum atomic E-state index is 5.53. The molecule has 0 saturated carbocycles. The fraction of sp³-hybridized carbons (Fsp3) is 0.529. The molecule has 0 aliphatic rings. The molecule has 0 spiro atoms. The van der Waals surface area contributed by atoms with Gasteiger partial charge in [-0.15, -0.1) is 0 Å². The molecule has 0 unspecified atom stereocenters. The summed E-state index contributed by atoms with van der Waals surface area (Å²) < 4.78 is 0. The van der Waals surface area contributed by atoms with Crippen LogP contribution in [0.15, 0.2) is 12.1 Å². The Labute approximate surface area is 127 Å². The number of nitrogens with two attached hydrogens (primary N) is 1. The highest BCUT2D eigenvalue weighted by Crippen LogP contribution is 2.27. The summed E-state index contributed by atoms with van der Waals surface area (Å²) in [6.45, 7) is 11.7. The Balaban J connectivity index is 2.27. The summed E-state index contributed by atoms with van der Waals surface area (Å²) in [4.78, 5) is 4.50. The van der Waals surface area contributed by atoms with Crippen molar-refractivity contribution in [3.05, 3.63) is 46.0 Å². The van der Waals surface area contributed by atoms with Gasteiger partial charge >= 0.3 is 0 Å². The van der Waals surface area contributed by atoms with Crippen LogP contribution in [-0.2, 0) is 18.3 Å². The average molecular weight is 286 g/mol. The third-order valence-electron chi connectivity index (χ3n) is 3.85. The fourth-order valence-corrected chi connectivity index (χ4v) is 2.53. The first-order chi connectivity index (χ1) is 9.81. The molecule has 4 nitrogen and oxygen atoms in total. The predicted molar refractivity (Wildman–Crippen MR) is 86.6 cm³/mol. The second-order valence-electron chi connectivity index (χ2n) is 6.75. The maximum absolute atomic E-state index is 5.53. The van der Waals surface area contributed by atoms with Crippen molar-refractivity contribution < 1.29 is 0 Å². The SMILES string of the molecule is Cc1cc(C(C)(C)C)cc(C)c1Cc1nc(CCN)n[nH]1. The molecule has 0 aliphatic heterocycles. The summed E-state index contributed by atoms with van der Waals surface area (Å²) in [5.74, 6) is 1.71. The molecule has 0 amide bonds. The van der Waals surface area contributed by atoms with Crippen molar-refractivity contribution >= 4 is 0 Å². The van der Waals surface area contributed by atoms with Gasteiger partial charge in [-0.3, -0.25) is 5.10 Å². The second-order valence-corrected chi connectivity index (χ2v) is 6.75. The van der Waals surface area contributed by atoms with Gasteiger partial charge in [0.2, 0.25) is 0 Å². The van der Waals surface area contributed by atoms with Crippen LogP contribution in [0, 0.1) is 13.8 Å². The van der Waals surface area contributed by atoms with E-state index >= 15 is 0 Å². The number of hydrogen-bond acceptors (Lipinski definition) is 3. The minimum Gasteiger partial charge on any atom is -0.330 e. The molecule has 1 aromatic carbocycles. The normalized spacial score (nSPS) is 11.9. The lowest BCUT2D eigenvalue weighted by Gasteiger charge is -2.22. The zero-order valence-corrected chi connectivity index (χ0v) is 13.7. The number of rotatable bonds is 4. The number of aromatic nitrogens is 3. The van der Waals surface area contributed by atoms with Crippen molar-refractivity contribution in [2.45, 2.75) is 52.9 Å². The highest BCUT2D eigenvalue weighted by Gasteiger charge is 2.17. The zero-order chi connectivity index (χ0) is 15.6. The van der Waals surface area contributed by atoms with Crippen molar-refractivity contribution in [1.29, 1.82) is 0 Å². The third-order valence-corrected chi connectivity index (χ3v) is 3.85. The van der Waals surface area contributed by atoms with E-state index in [1.807, 2.05) is 0 Å². The van der Waals surface area contributed by atoms with Crippen LogP contribution in [0.1, 0.15) is 54.7 Å². The van der Waals surface area contributed by atoms with Gasteiger partial charge in [-0.2, -0.15) is 5.10 Å². The Kier molecular flexibility index (Phi) is 4.47. The number of aryl methyl sites for hydroxylation is 2. The highest BCUT2D eigenvalue weighted by molar-refractivity contribution is 5.41. The number of H-pyrrole nitrogens is 1. The molecule has 1 aromatic heterocycles. The number of benzene rings is 1. The molecule has 1 heterocycles. The van der Waals surface area contributed by atoms with Crippen LogP contribution in [0.5, 0.6) is 0 Å². The Bertz CT molecular complexity index is 597. The summed E-state index contributed by atoms with van der Waals surface area (Å²) in [5, 5.41) is 7.22. The number of aromatic amines is 1. The standard InChI is InChI=1S/C17H26N4/c1-11-8-13(17(3,4)5)9-12(2)14(11)10-16-19-15(6-7-18)20-21-16/h8-9H,6-7,10,18H2,1-5H3,(H,19,20,21). The van der Waals surface area contributed by atoms with E-state index in [0.29, 0.717) is 6.54 Å². The molecule has 2 rings (SSSR count). The molecule has 3 N–H and O–H groups in total. The van der Waals surface area contributed by atoms with Gasteiger partial charge in [0.05, 0.1) is 0 Å².